The molecule has 94 valence electrons. The predicted octanol–water partition coefficient (Wildman–Crippen LogP) is 4.04. The molecule has 1 aliphatic carbocycles. The number of nitrogens with one attached hydrogen (secondary N) is 1. The van der Waals surface area contributed by atoms with Gasteiger partial charge in [-0.25, -0.2) is 0 Å². The van der Waals surface area contributed by atoms with Crippen LogP contribution in [0.3, 0.4) is 0 Å². The topological polar surface area (TPSA) is 35.8 Å². The van der Waals surface area contributed by atoms with Gasteiger partial charge in [-0.05, 0) is 33.1 Å². The molecule has 1 unspecified atom stereocenters. The third-order valence-electron chi connectivity index (χ3n) is 2.62. The van der Waals surface area contributed by atoms with E-state index in [-0.39, 0.29) is 0 Å². The number of hydrogen-bond acceptors (Lipinski definition) is 2. The van der Waals surface area contributed by atoms with Crippen molar-refractivity contribution in [1.82, 2.24) is 5.32 Å². The van der Waals surface area contributed by atoms with E-state index in [4.69, 9.17) is 5.26 Å². The van der Waals surface area contributed by atoms with Crippen LogP contribution in [0.4, 0.5) is 0 Å². The van der Waals surface area contributed by atoms with Crippen LogP contribution in [0.15, 0.2) is 11.1 Å². The lowest BCUT2D eigenvalue weighted by molar-refractivity contribution is 0.478. The maximum Gasteiger partial charge on any atom is 0.0843 e. The Balaban J connectivity index is 0. The van der Waals surface area contributed by atoms with Gasteiger partial charge in [0, 0.05) is 6.04 Å². The second-order valence-electron chi connectivity index (χ2n) is 3.54. The van der Waals surface area contributed by atoms with Gasteiger partial charge in [0.2, 0.25) is 0 Å². The van der Waals surface area contributed by atoms with Crippen LogP contribution >= 0.6 is 0 Å². The van der Waals surface area contributed by atoms with Crippen LogP contribution in [0.1, 0.15) is 60.8 Å². The van der Waals surface area contributed by atoms with E-state index in [2.05, 4.69) is 25.2 Å². The monoisotopic (exact) mass is 224 g/mol. The van der Waals surface area contributed by atoms with E-state index in [1.807, 2.05) is 27.7 Å². The van der Waals surface area contributed by atoms with Gasteiger partial charge >= 0.3 is 0 Å². The summed E-state index contributed by atoms with van der Waals surface area (Å²) in [4.78, 5) is 0. The Morgan fingerprint density at radius 1 is 1.19 bits per heavy atom. The molecule has 2 heteroatoms. The first kappa shape index (κ1) is 17.6. The van der Waals surface area contributed by atoms with E-state index in [0.29, 0.717) is 12.6 Å². The highest BCUT2D eigenvalue weighted by molar-refractivity contribution is 5.15. The number of allylic oxidation sites excluding steroid dienone is 1. The van der Waals surface area contributed by atoms with Crippen molar-refractivity contribution in [3.8, 4) is 6.07 Å². The molecule has 1 rings (SSSR count). The van der Waals surface area contributed by atoms with Gasteiger partial charge < -0.3 is 5.32 Å². The molecule has 1 N–H and O–H groups in total. The Hall–Kier alpha value is -0.810. The molecular formula is C14H28N2. The molecule has 1 aliphatic rings. The summed E-state index contributed by atoms with van der Waals surface area (Å²) in [6.07, 6.45) is 3.49. The van der Waals surface area contributed by atoms with E-state index in [0.717, 1.165) is 6.42 Å². The molecule has 0 amide bonds. The molecule has 0 aromatic rings. The van der Waals surface area contributed by atoms with E-state index < -0.39 is 0 Å². The molecule has 0 aromatic heterocycles. The summed E-state index contributed by atoms with van der Waals surface area (Å²) in [7, 11) is 0. The van der Waals surface area contributed by atoms with Crippen molar-refractivity contribution in [1.29, 1.82) is 5.26 Å². The maximum absolute atomic E-state index is 8.39. The lowest BCUT2D eigenvalue weighted by Gasteiger charge is -2.24. The SMILES string of the molecule is CC.CC.CC1=C(C)CC(NCC#N)CC1. The zero-order valence-corrected chi connectivity index (χ0v) is 11.9. The van der Waals surface area contributed by atoms with Crippen LogP contribution in [0.25, 0.3) is 0 Å². The van der Waals surface area contributed by atoms with E-state index >= 15 is 0 Å². The maximum atomic E-state index is 8.39. The van der Waals surface area contributed by atoms with Gasteiger partial charge in [0.25, 0.3) is 0 Å². The first-order chi connectivity index (χ1) is 7.74. The second kappa shape index (κ2) is 12.3. The molecule has 2 nitrogen and oxygen atoms in total. The summed E-state index contributed by atoms with van der Waals surface area (Å²) < 4.78 is 0. The van der Waals surface area contributed by atoms with Gasteiger partial charge in [0.15, 0.2) is 0 Å². The van der Waals surface area contributed by atoms with Crippen LogP contribution in [0.5, 0.6) is 0 Å². The Morgan fingerprint density at radius 2 is 1.75 bits per heavy atom. The van der Waals surface area contributed by atoms with Crippen molar-refractivity contribution in [3.05, 3.63) is 11.1 Å². The minimum absolute atomic E-state index is 0.483. The molecule has 0 fully saturated rings. The van der Waals surface area contributed by atoms with Crippen molar-refractivity contribution in [3.63, 3.8) is 0 Å². The Labute approximate surface area is 102 Å². The van der Waals surface area contributed by atoms with E-state index in [9.17, 15) is 0 Å². The van der Waals surface area contributed by atoms with E-state index in [1.165, 1.54) is 24.0 Å². The molecule has 0 saturated heterocycles. The van der Waals surface area contributed by atoms with Gasteiger partial charge in [-0.2, -0.15) is 5.26 Å². The van der Waals surface area contributed by atoms with Crippen LogP contribution in [0.2, 0.25) is 0 Å². The first-order valence-electron chi connectivity index (χ1n) is 6.49. The smallest absolute Gasteiger partial charge is 0.0843 e. The molecule has 0 radical (unpaired) electrons. The third kappa shape index (κ3) is 7.48. The van der Waals surface area contributed by atoms with Crippen LogP contribution in [-0.4, -0.2) is 12.6 Å². The fraction of sp³-hybridized carbons (Fsp3) is 0.786. The number of rotatable bonds is 2. The minimum atomic E-state index is 0.483. The summed E-state index contributed by atoms with van der Waals surface area (Å²) in [6.45, 7) is 12.9. The molecule has 0 spiro atoms. The molecule has 1 atom stereocenters. The van der Waals surface area contributed by atoms with Gasteiger partial charge in [-0.15, -0.1) is 0 Å². The van der Waals surface area contributed by atoms with Crippen molar-refractivity contribution in [2.75, 3.05) is 6.54 Å². The summed E-state index contributed by atoms with van der Waals surface area (Å²) in [5.74, 6) is 0. The molecule has 0 heterocycles. The lowest BCUT2D eigenvalue weighted by atomic mass is 9.90. The number of hydrogen-bond donors (Lipinski definition) is 1. The Morgan fingerprint density at radius 3 is 2.19 bits per heavy atom. The molecule has 0 aromatic carbocycles. The highest BCUT2D eigenvalue weighted by atomic mass is 14.9. The molecule has 0 bridgehead atoms. The Kier molecular flexibility index (Phi) is 13.5. The molecule has 0 aliphatic heterocycles. The van der Waals surface area contributed by atoms with Crippen molar-refractivity contribution < 1.29 is 0 Å². The van der Waals surface area contributed by atoms with Crippen molar-refractivity contribution in [2.45, 2.75) is 66.8 Å². The summed E-state index contributed by atoms with van der Waals surface area (Å²) in [5.41, 5.74) is 3.03. The van der Waals surface area contributed by atoms with Gasteiger partial charge in [-0.3, -0.25) is 0 Å². The number of nitrogens with zero attached hydrogens (tertiary/aromatic N) is 1. The normalized spacial score (nSPS) is 18.7. The summed E-state index contributed by atoms with van der Waals surface area (Å²) in [6, 6.07) is 2.65. The first-order valence-corrected chi connectivity index (χ1v) is 6.49. The largest absolute Gasteiger partial charge is 0.301 e. The average molecular weight is 224 g/mol. The quantitative estimate of drug-likeness (QED) is 0.567. The Bertz CT molecular complexity index is 223. The van der Waals surface area contributed by atoms with Crippen LogP contribution in [-0.2, 0) is 0 Å². The van der Waals surface area contributed by atoms with E-state index in [1.54, 1.807) is 0 Å². The van der Waals surface area contributed by atoms with Crippen LogP contribution in [0, 0.1) is 11.3 Å². The highest BCUT2D eigenvalue weighted by Gasteiger charge is 2.14. The fourth-order valence-electron chi connectivity index (χ4n) is 1.61. The lowest BCUT2D eigenvalue weighted by Crippen LogP contribution is -2.31. The fourth-order valence-corrected chi connectivity index (χ4v) is 1.61. The second-order valence-corrected chi connectivity index (χ2v) is 3.54. The van der Waals surface area contributed by atoms with Crippen LogP contribution < -0.4 is 5.32 Å². The predicted molar refractivity (Wildman–Crippen MR) is 72.3 cm³/mol. The van der Waals surface area contributed by atoms with Crippen molar-refractivity contribution in [2.24, 2.45) is 0 Å². The third-order valence-corrected chi connectivity index (χ3v) is 2.62. The molecule has 16 heavy (non-hydrogen) atoms. The van der Waals surface area contributed by atoms with Gasteiger partial charge in [0.05, 0.1) is 12.6 Å². The zero-order valence-electron chi connectivity index (χ0n) is 11.9. The molecular weight excluding hydrogens is 196 g/mol. The molecule has 0 saturated carbocycles. The van der Waals surface area contributed by atoms with Gasteiger partial charge in [0.1, 0.15) is 0 Å². The average Bonchev–Trinajstić information content (AvgIpc) is 2.36. The zero-order chi connectivity index (χ0) is 13.0. The highest BCUT2D eigenvalue weighted by Crippen LogP contribution is 2.23. The summed E-state index contributed by atoms with van der Waals surface area (Å²) in [5, 5.41) is 11.6. The standard InChI is InChI=1S/C10H16N2.2C2H6/c1-8-3-4-10(7-9(8)2)12-6-5-11;2*1-2/h10,12H,3-4,6-7H2,1-2H3;2*1-2H3. The number of nitriles is 1. The van der Waals surface area contributed by atoms with Gasteiger partial charge in [-0.1, -0.05) is 38.8 Å². The summed E-state index contributed by atoms with van der Waals surface area (Å²) >= 11 is 0. The van der Waals surface area contributed by atoms with Crippen molar-refractivity contribution >= 4 is 0 Å². The minimum Gasteiger partial charge on any atom is -0.301 e.